The summed E-state index contributed by atoms with van der Waals surface area (Å²) in [5, 5.41) is 0. The molecule has 4 heteroatoms. The summed E-state index contributed by atoms with van der Waals surface area (Å²) in [5.74, 6) is -0.443. The van der Waals surface area contributed by atoms with Gasteiger partial charge in [0.15, 0.2) is 0 Å². The van der Waals surface area contributed by atoms with Gasteiger partial charge in [0.25, 0.3) is 5.56 Å². The van der Waals surface area contributed by atoms with Gasteiger partial charge in [-0.1, -0.05) is 37.3 Å². The molecule has 2 N–H and O–H groups in total. The average molecular weight is 296 g/mol. The Balaban J connectivity index is 2.41. The second-order valence-corrected chi connectivity index (χ2v) is 5.30. The zero-order valence-electron chi connectivity index (χ0n) is 12.3. The Bertz CT molecular complexity index is 871. The van der Waals surface area contributed by atoms with E-state index < -0.39 is 5.82 Å². The van der Waals surface area contributed by atoms with Crippen LogP contribution in [0.3, 0.4) is 0 Å². The van der Waals surface area contributed by atoms with Crippen LogP contribution in [0.4, 0.5) is 4.39 Å². The first-order valence-electron chi connectivity index (χ1n) is 7.27. The smallest absolute Gasteiger partial charge is 0.263 e. The molecule has 1 aromatic carbocycles. The number of benzene rings is 1. The Morgan fingerprint density at radius 1 is 1.18 bits per heavy atom. The Morgan fingerprint density at radius 3 is 2.59 bits per heavy atom. The van der Waals surface area contributed by atoms with E-state index in [1.165, 1.54) is 16.7 Å². The Morgan fingerprint density at radius 2 is 1.91 bits per heavy atom. The summed E-state index contributed by atoms with van der Waals surface area (Å²) < 4.78 is 14.8. The normalized spacial score (nSPS) is 12.5. The standard InChI is InChI=1S/C18H17FN2O/c1-2-16(20)15-10-14-9-8-13(19)11-21(14)18(22)17(15)12-6-4-3-5-7-12/h3-11,16H,2,20H2,1H3. The minimum absolute atomic E-state index is 0.238. The summed E-state index contributed by atoms with van der Waals surface area (Å²) in [4.78, 5) is 12.9. The van der Waals surface area contributed by atoms with Crippen molar-refractivity contribution in [1.29, 1.82) is 0 Å². The summed E-state index contributed by atoms with van der Waals surface area (Å²) in [6.07, 6.45) is 1.93. The lowest BCUT2D eigenvalue weighted by molar-refractivity contribution is 0.617. The molecule has 0 aliphatic rings. The lowest BCUT2D eigenvalue weighted by Gasteiger charge is -2.16. The molecule has 0 bridgehead atoms. The van der Waals surface area contributed by atoms with Gasteiger partial charge >= 0.3 is 0 Å². The topological polar surface area (TPSA) is 47.5 Å². The summed E-state index contributed by atoms with van der Waals surface area (Å²) in [6, 6.07) is 13.9. The van der Waals surface area contributed by atoms with Crippen LogP contribution in [0, 0.1) is 5.82 Å². The Labute approximate surface area is 127 Å². The zero-order chi connectivity index (χ0) is 15.7. The number of hydrogen-bond donors (Lipinski definition) is 1. The number of nitrogens with zero attached hydrogens (tertiary/aromatic N) is 1. The first-order chi connectivity index (χ1) is 10.6. The predicted molar refractivity (Wildman–Crippen MR) is 86.3 cm³/mol. The highest BCUT2D eigenvalue weighted by molar-refractivity contribution is 5.70. The van der Waals surface area contributed by atoms with Crippen molar-refractivity contribution in [3.05, 3.63) is 76.5 Å². The quantitative estimate of drug-likeness (QED) is 0.804. The molecule has 22 heavy (non-hydrogen) atoms. The first-order valence-corrected chi connectivity index (χ1v) is 7.27. The molecule has 1 atom stereocenters. The maximum atomic E-state index is 13.5. The third-order valence-electron chi connectivity index (χ3n) is 3.87. The third-order valence-corrected chi connectivity index (χ3v) is 3.87. The molecule has 0 spiro atoms. The third kappa shape index (κ3) is 2.42. The summed E-state index contributed by atoms with van der Waals surface area (Å²) in [6.45, 7) is 1.98. The first kappa shape index (κ1) is 14.5. The molecule has 0 amide bonds. The van der Waals surface area contributed by atoms with Gasteiger partial charge in [-0.3, -0.25) is 9.20 Å². The van der Waals surface area contributed by atoms with Gasteiger partial charge in [0.05, 0.1) is 5.56 Å². The van der Waals surface area contributed by atoms with E-state index in [9.17, 15) is 9.18 Å². The van der Waals surface area contributed by atoms with Crippen LogP contribution in [0.2, 0.25) is 0 Å². The summed E-state index contributed by atoms with van der Waals surface area (Å²) in [7, 11) is 0. The van der Waals surface area contributed by atoms with Crippen LogP contribution in [0.15, 0.2) is 59.5 Å². The second-order valence-electron chi connectivity index (χ2n) is 5.30. The van der Waals surface area contributed by atoms with E-state index >= 15 is 0 Å². The van der Waals surface area contributed by atoms with Gasteiger partial charge in [0, 0.05) is 17.8 Å². The van der Waals surface area contributed by atoms with Crippen molar-refractivity contribution in [2.45, 2.75) is 19.4 Å². The van der Waals surface area contributed by atoms with Crippen LogP contribution in [0.25, 0.3) is 16.6 Å². The van der Waals surface area contributed by atoms with E-state index in [0.29, 0.717) is 11.1 Å². The van der Waals surface area contributed by atoms with Crippen molar-refractivity contribution in [3.8, 4) is 11.1 Å². The average Bonchev–Trinajstić information content (AvgIpc) is 2.55. The van der Waals surface area contributed by atoms with Gasteiger partial charge < -0.3 is 5.73 Å². The minimum atomic E-state index is -0.443. The van der Waals surface area contributed by atoms with Crippen molar-refractivity contribution in [2.24, 2.45) is 5.73 Å². The number of fused-ring (bicyclic) bond motifs is 1. The van der Waals surface area contributed by atoms with Crippen molar-refractivity contribution in [2.75, 3.05) is 0 Å². The van der Waals surface area contributed by atoms with Crippen LogP contribution < -0.4 is 11.3 Å². The van der Waals surface area contributed by atoms with Crippen LogP contribution in [0.1, 0.15) is 24.9 Å². The van der Waals surface area contributed by atoms with E-state index in [1.54, 1.807) is 6.07 Å². The van der Waals surface area contributed by atoms with Crippen LogP contribution in [0.5, 0.6) is 0 Å². The highest BCUT2D eigenvalue weighted by Crippen LogP contribution is 2.27. The van der Waals surface area contributed by atoms with E-state index in [-0.39, 0.29) is 11.6 Å². The van der Waals surface area contributed by atoms with Crippen molar-refractivity contribution in [3.63, 3.8) is 0 Å². The van der Waals surface area contributed by atoms with Crippen molar-refractivity contribution >= 4 is 5.52 Å². The Kier molecular flexibility index (Phi) is 3.77. The molecule has 2 aromatic heterocycles. The van der Waals surface area contributed by atoms with Gasteiger partial charge in [-0.15, -0.1) is 0 Å². The highest BCUT2D eigenvalue weighted by atomic mass is 19.1. The van der Waals surface area contributed by atoms with Crippen molar-refractivity contribution < 1.29 is 4.39 Å². The molecule has 2 heterocycles. The van der Waals surface area contributed by atoms with Crippen molar-refractivity contribution in [1.82, 2.24) is 4.40 Å². The molecular weight excluding hydrogens is 279 g/mol. The van der Waals surface area contributed by atoms with E-state index in [1.807, 2.05) is 43.3 Å². The van der Waals surface area contributed by atoms with Gasteiger partial charge in [-0.2, -0.15) is 0 Å². The van der Waals surface area contributed by atoms with E-state index in [0.717, 1.165) is 17.5 Å². The molecule has 0 aliphatic heterocycles. The number of aromatic nitrogens is 1. The van der Waals surface area contributed by atoms with Gasteiger partial charge in [-0.25, -0.2) is 4.39 Å². The molecule has 0 radical (unpaired) electrons. The maximum Gasteiger partial charge on any atom is 0.263 e. The molecule has 3 rings (SSSR count). The molecule has 0 aliphatic carbocycles. The van der Waals surface area contributed by atoms with E-state index in [2.05, 4.69) is 0 Å². The number of nitrogens with two attached hydrogens (primary N) is 1. The van der Waals surface area contributed by atoms with Gasteiger partial charge in [0.2, 0.25) is 0 Å². The number of halogens is 1. The fraction of sp³-hybridized carbons (Fsp3) is 0.167. The lowest BCUT2D eigenvalue weighted by Crippen LogP contribution is -2.22. The molecule has 112 valence electrons. The monoisotopic (exact) mass is 296 g/mol. The van der Waals surface area contributed by atoms with Crippen LogP contribution in [-0.2, 0) is 0 Å². The summed E-state index contributed by atoms with van der Waals surface area (Å²) in [5.41, 5.74) is 8.73. The van der Waals surface area contributed by atoms with Crippen LogP contribution in [-0.4, -0.2) is 4.40 Å². The molecule has 0 saturated carbocycles. The van der Waals surface area contributed by atoms with Gasteiger partial charge in [0.1, 0.15) is 5.82 Å². The number of hydrogen-bond acceptors (Lipinski definition) is 2. The van der Waals surface area contributed by atoms with E-state index in [4.69, 9.17) is 5.73 Å². The minimum Gasteiger partial charge on any atom is -0.324 e. The molecule has 3 aromatic rings. The Hall–Kier alpha value is -2.46. The molecule has 0 fully saturated rings. The SMILES string of the molecule is CCC(N)c1cc2ccc(F)cn2c(=O)c1-c1ccccc1. The second kappa shape index (κ2) is 5.73. The lowest BCUT2D eigenvalue weighted by atomic mass is 9.95. The fourth-order valence-electron chi connectivity index (χ4n) is 2.66. The van der Waals surface area contributed by atoms with Crippen LogP contribution >= 0.6 is 0 Å². The summed E-state index contributed by atoms with van der Waals surface area (Å²) >= 11 is 0. The predicted octanol–water partition coefficient (Wildman–Crippen LogP) is 3.52. The number of pyridine rings is 2. The highest BCUT2D eigenvalue weighted by Gasteiger charge is 2.17. The fourth-order valence-corrected chi connectivity index (χ4v) is 2.66. The molecule has 3 nitrogen and oxygen atoms in total. The van der Waals surface area contributed by atoms with Gasteiger partial charge in [-0.05, 0) is 35.7 Å². The molecular formula is C18H17FN2O. The maximum absolute atomic E-state index is 13.5. The molecule has 1 unspecified atom stereocenters. The largest absolute Gasteiger partial charge is 0.324 e. The number of rotatable bonds is 3. The zero-order valence-corrected chi connectivity index (χ0v) is 12.3. The molecule has 0 saturated heterocycles.